The Bertz CT molecular complexity index is 442. The van der Waals surface area contributed by atoms with E-state index in [4.69, 9.17) is 9.47 Å². The second kappa shape index (κ2) is 6.85. The number of nitrogens with zero attached hydrogens (tertiary/aromatic N) is 1. The van der Waals surface area contributed by atoms with Crippen molar-refractivity contribution < 1.29 is 23.0 Å². The van der Waals surface area contributed by atoms with Crippen LogP contribution in [0.3, 0.4) is 0 Å². The summed E-state index contributed by atoms with van der Waals surface area (Å²) in [4.78, 5) is 2.18. The lowest BCUT2D eigenvalue weighted by atomic mass is 10.1. The molecule has 0 aliphatic carbocycles. The summed E-state index contributed by atoms with van der Waals surface area (Å²) < 4.78 is 40.2. The summed E-state index contributed by atoms with van der Waals surface area (Å²) in [6, 6.07) is 5.42. The molecule has 1 fully saturated rings. The predicted octanol–water partition coefficient (Wildman–Crippen LogP) is 2.52. The molecular formula is C14H19F2NO3. The molecule has 0 saturated carbocycles. The van der Waals surface area contributed by atoms with Crippen molar-refractivity contribution in [1.82, 2.24) is 4.90 Å². The molecule has 6 heteroatoms. The van der Waals surface area contributed by atoms with E-state index in [1.165, 1.54) is 7.11 Å². The summed E-state index contributed by atoms with van der Waals surface area (Å²) in [5.41, 5.74) is 0.693. The van der Waals surface area contributed by atoms with E-state index in [-0.39, 0.29) is 11.8 Å². The minimum atomic E-state index is -2.87. The van der Waals surface area contributed by atoms with Gasteiger partial charge in [0.15, 0.2) is 11.5 Å². The molecule has 0 bridgehead atoms. The van der Waals surface area contributed by atoms with Crippen LogP contribution in [-0.4, -0.2) is 44.4 Å². The Morgan fingerprint density at radius 3 is 2.90 bits per heavy atom. The minimum absolute atomic E-state index is 0.115. The monoisotopic (exact) mass is 287 g/mol. The molecule has 20 heavy (non-hydrogen) atoms. The number of methoxy groups -OCH3 is 1. The molecule has 1 aromatic rings. The SMILES string of the molecule is COc1cccc(CN2CCOC[C@@H]2C)c1OC(F)F. The van der Waals surface area contributed by atoms with Crippen LogP contribution in [-0.2, 0) is 11.3 Å². The number of hydrogen-bond donors (Lipinski definition) is 0. The van der Waals surface area contributed by atoms with Crippen molar-refractivity contribution in [2.45, 2.75) is 26.1 Å². The molecule has 0 N–H and O–H groups in total. The largest absolute Gasteiger partial charge is 0.493 e. The number of alkyl halides is 2. The van der Waals surface area contributed by atoms with Crippen molar-refractivity contribution in [2.24, 2.45) is 0 Å². The molecule has 2 rings (SSSR count). The summed E-state index contributed by atoms with van der Waals surface area (Å²) in [7, 11) is 1.44. The molecule has 1 aliphatic rings. The second-order valence-electron chi connectivity index (χ2n) is 4.72. The third kappa shape index (κ3) is 3.58. The van der Waals surface area contributed by atoms with Crippen LogP contribution in [0.25, 0.3) is 0 Å². The Kier molecular flexibility index (Phi) is 5.14. The smallest absolute Gasteiger partial charge is 0.387 e. The van der Waals surface area contributed by atoms with Crippen LogP contribution < -0.4 is 9.47 Å². The van der Waals surface area contributed by atoms with Gasteiger partial charge in [-0.15, -0.1) is 0 Å². The predicted molar refractivity (Wildman–Crippen MR) is 70.3 cm³/mol. The van der Waals surface area contributed by atoms with Crippen LogP contribution in [0.2, 0.25) is 0 Å². The highest BCUT2D eigenvalue weighted by molar-refractivity contribution is 5.46. The quantitative estimate of drug-likeness (QED) is 0.832. The lowest BCUT2D eigenvalue weighted by molar-refractivity contribution is -0.0530. The molecule has 1 aliphatic heterocycles. The maximum atomic E-state index is 12.6. The summed E-state index contributed by atoms with van der Waals surface area (Å²) in [6.45, 7) is 1.78. The number of para-hydroxylation sites is 1. The Labute approximate surface area is 117 Å². The van der Waals surface area contributed by atoms with Gasteiger partial charge in [-0.2, -0.15) is 8.78 Å². The molecule has 0 aromatic heterocycles. The molecule has 1 heterocycles. The first-order valence-corrected chi connectivity index (χ1v) is 6.54. The summed E-state index contributed by atoms with van der Waals surface area (Å²) in [5, 5.41) is 0. The van der Waals surface area contributed by atoms with Crippen molar-refractivity contribution >= 4 is 0 Å². The summed E-state index contributed by atoms with van der Waals surface area (Å²) >= 11 is 0. The van der Waals surface area contributed by atoms with Gasteiger partial charge in [0.2, 0.25) is 0 Å². The van der Waals surface area contributed by atoms with Crippen molar-refractivity contribution in [3.05, 3.63) is 23.8 Å². The fourth-order valence-electron chi connectivity index (χ4n) is 2.28. The van der Waals surface area contributed by atoms with Crippen LogP contribution in [0.1, 0.15) is 12.5 Å². The number of halogens is 2. The lowest BCUT2D eigenvalue weighted by Gasteiger charge is -2.33. The van der Waals surface area contributed by atoms with Gasteiger partial charge < -0.3 is 14.2 Å². The van der Waals surface area contributed by atoms with Crippen molar-refractivity contribution in [2.75, 3.05) is 26.9 Å². The zero-order valence-corrected chi connectivity index (χ0v) is 11.6. The molecule has 0 spiro atoms. The standard InChI is InChI=1S/C14H19F2NO3/c1-10-9-19-7-6-17(10)8-11-4-3-5-12(18-2)13(11)20-14(15)16/h3-5,10,14H,6-9H2,1-2H3/t10-/m0/s1. The Balaban J connectivity index is 2.21. The first-order chi connectivity index (χ1) is 9.61. The zero-order valence-electron chi connectivity index (χ0n) is 11.6. The van der Waals surface area contributed by atoms with Gasteiger partial charge in [0.05, 0.1) is 20.3 Å². The van der Waals surface area contributed by atoms with Crippen LogP contribution in [0.15, 0.2) is 18.2 Å². The Morgan fingerprint density at radius 1 is 1.45 bits per heavy atom. The van der Waals surface area contributed by atoms with Crippen LogP contribution in [0.5, 0.6) is 11.5 Å². The van der Waals surface area contributed by atoms with Gasteiger partial charge in [-0.1, -0.05) is 12.1 Å². The Hall–Kier alpha value is -1.40. The van der Waals surface area contributed by atoms with Gasteiger partial charge in [0.25, 0.3) is 0 Å². The molecule has 0 unspecified atom stereocenters. The Morgan fingerprint density at radius 2 is 2.25 bits per heavy atom. The first kappa shape index (κ1) is 15.0. The fraction of sp³-hybridized carbons (Fsp3) is 0.571. The number of ether oxygens (including phenoxy) is 3. The minimum Gasteiger partial charge on any atom is -0.493 e. The number of hydrogen-bond acceptors (Lipinski definition) is 4. The second-order valence-corrected chi connectivity index (χ2v) is 4.72. The lowest BCUT2D eigenvalue weighted by Crippen LogP contribution is -2.43. The number of benzene rings is 1. The van der Waals surface area contributed by atoms with E-state index in [9.17, 15) is 8.78 Å². The van der Waals surface area contributed by atoms with Crippen molar-refractivity contribution in [1.29, 1.82) is 0 Å². The molecule has 1 atom stereocenters. The van der Waals surface area contributed by atoms with E-state index >= 15 is 0 Å². The molecule has 4 nitrogen and oxygen atoms in total. The van der Waals surface area contributed by atoms with Crippen LogP contribution in [0.4, 0.5) is 8.78 Å². The highest BCUT2D eigenvalue weighted by Crippen LogP contribution is 2.33. The highest BCUT2D eigenvalue weighted by atomic mass is 19.3. The van der Waals surface area contributed by atoms with Gasteiger partial charge in [0, 0.05) is 24.7 Å². The summed E-state index contributed by atoms with van der Waals surface area (Å²) in [5.74, 6) is 0.437. The fourth-order valence-corrected chi connectivity index (χ4v) is 2.28. The van der Waals surface area contributed by atoms with Gasteiger partial charge >= 0.3 is 6.61 Å². The van der Waals surface area contributed by atoms with Crippen molar-refractivity contribution in [3.8, 4) is 11.5 Å². The summed E-state index contributed by atoms with van der Waals surface area (Å²) in [6.07, 6.45) is 0. The average Bonchev–Trinajstić information content (AvgIpc) is 2.42. The molecule has 1 aromatic carbocycles. The topological polar surface area (TPSA) is 30.9 Å². The van der Waals surface area contributed by atoms with Crippen LogP contribution in [0, 0.1) is 0 Å². The number of morpholine rings is 1. The maximum absolute atomic E-state index is 12.6. The third-order valence-corrected chi connectivity index (χ3v) is 3.37. The molecule has 0 amide bonds. The highest BCUT2D eigenvalue weighted by Gasteiger charge is 2.22. The van der Waals surface area contributed by atoms with E-state index < -0.39 is 6.61 Å². The van der Waals surface area contributed by atoms with Gasteiger partial charge in [-0.05, 0) is 13.0 Å². The molecule has 1 saturated heterocycles. The van der Waals surface area contributed by atoms with E-state index in [0.717, 1.165) is 6.54 Å². The zero-order chi connectivity index (χ0) is 14.5. The van der Waals surface area contributed by atoms with E-state index in [0.29, 0.717) is 31.1 Å². The third-order valence-electron chi connectivity index (χ3n) is 3.37. The molecule has 0 radical (unpaired) electrons. The van der Waals surface area contributed by atoms with E-state index in [2.05, 4.69) is 9.64 Å². The van der Waals surface area contributed by atoms with E-state index in [1.807, 2.05) is 6.92 Å². The normalized spacial score (nSPS) is 20.1. The molecular weight excluding hydrogens is 268 g/mol. The van der Waals surface area contributed by atoms with Crippen molar-refractivity contribution in [3.63, 3.8) is 0 Å². The molecule has 112 valence electrons. The first-order valence-electron chi connectivity index (χ1n) is 6.54. The maximum Gasteiger partial charge on any atom is 0.387 e. The van der Waals surface area contributed by atoms with Gasteiger partial charge in [-0.3, -0.25) is 4.90 Å². The van der Waals surface area contributed by atoms with E-state index in [1.54, 1.807) is 18.2 Å². The van der Waals surface area contributed by atoms with Gasteiger partial charge in [0.1, 0.15) is 0 Å². The van der Waals surface area contributed by atoms with Crippen LogP contribution >= 0.6 is 0 Å². The van der Waals surface area contributed by atoms with Gasteiger partial charge in [-0.25, -0.2) is 0 Å². The average molecular weight is 287 g/mol. The number of rotatable bonds is 5.